The highest BCUT2D eigenvalue weighted by Crippen LogP contribution is 2.35. The normalized spacial score (nSPS) is 18.9. The monoisotopic (exact) mass is 152 g/mol. The largest absolute Gasteiger partial charge is 0.0856 e. The fourth-order valence-corrected chi connectivity index (χ4v) is 1.41. The Morgan fingerprint density at radius 3 is 2.73 bits per heavy atom. The van der Waals surface area contributed by atoms with E-state index in [1.165, 1.54) is 38.5 Å². The molecule has 0 N–H and O–H groups in total. The second kappa shape index (κ2) is 4.58. The fraction of sp³-hybridized carbons (Fsp3) is 0.818. The Hall–Kier alpha value is -0.260. The summed E-state index contributed by atoms with van der Waals surface area (Å²) in [6.45, 7) is 4.54. The second-order valence-corrected chi connectivity index (χ2v) is 3.84. The molecule has 11 heavy (non-hydrogen) atoms. The van der Waals surface area contributed by atoms with Gasteiger partial charge in [0, 0.05) is 0 Å². The highest BCUT2D eigenvalue weighted by Gasteiger charge is 2.20. The van der Waals surface area contributed by atoms with Crippen LogP contribution < -0.4 is 0 Å². The Morgan fingerprint density at radius 2 is 2.18 bits per heavy atom. The lowest BCUT2D eigenvalue weighted by Gasteiger charge is -1.97. The van der Waals surface area contributed by atoms with Crippen molar-refractivity contribution in [1.29, 1.82) is 0 Å². The summed E-state index contributed by atoms with van der Waals surface area (Å²) in [6, 6.07) is 0. The van der Waals surface area contributed by atoms with E-state index in [0.29, 0.717) is 0 Å². The van der Waals surface area contributed by atoms with Crippen molar-refractivity contribution in [3.05, 3.63) is 11.6 Å². The van der Waals surface area contributed by atoms with E-state index in [9.17, 15) is 0 Å². The van der Waals surface area contributed by atoms with Gasteiger partial charge in [-0.05, 0) is 38.5 Å². The van der Waals surface area contributed by atoms with E-state index in [4.69, 9.17) is 0 Å². The first-order valence-corrected chi connectivity index (χ1v) is 4.98. The van der Waals surface area contributed by atoms with E-state index in [0.717, 1.165) is 5.92 Å². The van der Waals surface area contributed by atoms with Gasteiger partial charge in [-0.2, -0.15) is 0 Å². The topological polar surface area (TPSA) is 0 Å². The molecule has 1 rings (SSSR count). The molecule has 0 aromatic rings. The van der Waals surface area contributed by atoms with Gasteiger partial charge in [-0.25, -0.2) is 0 Å². The lowest BCUT2D eigenvalue weighted by atomic mass is 10.1. The molecule has 1 aliphatic carbocycles. The van der Waals surface area contributed by atoms with Crippen LogP contribution in [-0.2, 0) is 0 Å². The second-order valence-electron chi connectivity index (χ2n) is 3.84. The Kier molecular flexibility index (Phi) is 3.68. The average Bonchev–Trinajstić information content (AvgIpc) is 2.72. The standard InChI is InChI=1S/C11H20/c1-3-4-5-6-10(2)9-11-7-8-11/h6,11H,3-5,7-9H2,1-2H3/b10-6+. The summed E-state index contributed by atoms with van der Waals surface area (Å²) in [5.41, 5.74) is 1.63. The zero-order valence-corrected chi connectivity index (χ0v) is 7.90. The Balaban J connectivity index is 2.05. The molecule has 1 fully saturated rings. The van der Waals surface area contributed by atoms with Crippen molar-refractivity contribution in [2.75, 3.05) is 0 Å². The summed E-state index contributed by atoms with van der Waals surface area (Å²) in [5, 5.41) is 0. The third kappa shape index (κ3) is 4.23. The molecule has 0 atom stereocenters. The van der Waals surface area contributed by atoms with Gasteiger partial charge >= 0.3 is 0 Å². The van der Waals surface area contributed by atoms with Crippen molar-refractivity contribution in [3.63, 3.8) is 0 Å². The van der Waals surface area contributed by atoms with E-state index in [2.05, 4.69) is 19.9 Å². The van der Waals surface area contributed by atoms with Gasteiger partial charge in [0.2, 0.25) is 0 Å². The molecule has 0 aromatic heterocycles. The summed E-state index contributed by atoms with van der Waals surface area (Å²) < 4.78 is 0. The van der Waals surface area contributed by atoms with Crippen molar-refractivity contribution in [1.82, 2.24) is 0 Å². The highest BCUT2D eigenvalue weighted by atomic mass is 14.3. The quantitative estimate of drug-likeness (QED) is 0.413. The van der Waals surface area contributed by atoms with Crippen LogP contribution in [0.2, 0.25) is 0 Å². The zero-order chi connectivity index (χ0) is 8.10. The number of unbranched alkanes of at least 4 members (excludes halogenated alkanes) is 2. The van der Waals surface area contributed by atoms with Crippen LogP contribution in [0.25, 0.3) is 0 Å². The number of hydrogen-bond donors (Lipinski definition) is 0. The third-order valence-corrected chi connectivity index (χ3v) is 2.36. The van der Waals surface area contributed by atoms with Crippen molar-refractivity contribution < 1.29 is 0 Å². The molecule has 0 radical (unpaired) electrons. The molecular weight excluding hydrogens is 132 g/mol. The van der Waals surface area contributed by atoms with Gasteiger partial charge in [-0.15, -0.1) is 0 Å². The minimum atomic E-state index is 1.06. The molecular formula is C11H20. The summed E-state index contributed by atoms with van der Waals surface area (Å²) in [6.07, 6.45) is 10.8. The SMILES string of the molecule is CCCC/C=C(\C)CC1CC1. The van der Waals surface area contributed by atoms with Gasteiger partial charge in [-0.3, -0.25) is 0 Å². The minimum absolute atomic E-state index is 1.06. The van der Waals surface area contributed by atoms with Crippen LogP contribution in [0.1, 0.15) is 52.4 Å². The van der Waals surface area contributed by atoms with E-state index in [1.54, 1.807) is 5.57 Å². The van der Waals surface area contributed by atoms with Crippen LogP contribution in [0.3, 0.4) is 0 Å². The highest BCUT2D eigenvalue weighted by molar-refractivity contribution is 5.01. The first-order valence-electron chi connectivity index (χ1n) is 4.98. The maximum atomic E-state index is 2.43. The smallest absolute Gasteiger partial charge is 0.0295 e. The predicted octanol–water partition coefficient (Wildman–Crippen LogP) is 3.92. The van der Waals surface area contributed by atoms with Crippen LogP contribution in [0, 0.1) is 5.92 Å². The zero-order valence-electron chi connectivity index (χ0n) is 7.90. The third-order valence-electron chi connectivity index (χ3n) is 2.36. The molecule has 0 heteroatoms. The van der Waals surface area contributed by atoms with Gasteiger partial charge in [0.05, 0.1) is 0 Å². The van der Waals surface area contributed by atoms with E-state index < -0.39 is 0 Å². The number of hydrogen-bond acceptors (Lipinski definition) is 0. The van der Waals surface area contributed by atoms with Gasteiger partial charge in [-0.1, -0.05) is 31.4 Å². The molecule has 1 aliphatic rings. The van der Waals surface area contributed by atoms with E-state index in [-0.39, 0.29) is 0 Å². The molecule has 0 nitrogen and oxygen atoms in total. The number of rotatable bonds is 5. The maximum Gasteiger partial charge on any atom is -0.0295 e. The Labute approximate surface area is 70.7 Å². The van der Waals surface area contributed by atoms with E-state index >= 15 is 0 Å². The molecule has 0 unspecified atom stereocenters. The lowest BCUT2D eigenvalue weighted by molar-refractivity contribution is 0.782. The van der Waals surface area contributed by atoms with Crippen molar-refractivity contribution in [2.24, 2.45) is 5.92 Å². The minimum Gasteiger partial charge on any atom is -0.0856 e. The maximum absolute atomic E-state index is 2.43. The van der Waals surface area contributed by atoms with Gasteiger partial charge in [0.15, 0.2) is 0 Å². The van der Waals surface area contributed by atoms with Crippen molar-refractivity contribution in [2.45, 2.75) is 52.4 Å². The first-order chi connectivity index (χ1) is 5.33. The Bertz CT molecular complexity index is 129. The molecule has 0 spiro atoms. The average molecular weight is 152 g/mol. The van der Waals surface area contributed by atoms with Gasteiger partial charge < -0.3 is 0 Å². The molecule has 64 valence electrons. The molecule has 0 aliphatic heterocycles. The van der Waals surface area contributed by atoms with Crippen LogP contribution in [-0.4, -0.2) is 0 Å². The number of allylic oxidation sites excluding steroid dienone is 2. The van der Waals surface area contributed by atoms with Gasteiger partial charge in [0.1, 0.15) is 0 Å². The first kappa shape index (κ1) is 8.83. The van der Waals surface area contributed by atoms with Crippen LogP contribution in [0.5, 0.6) is 0 Å². The van der Waals surface area contributed by atoms with Crippen molar-refractivity contribution in [3.8, 4) is 0 Å². The molecule has 0 amide bonds. The van der Waals surface area contributed by atoms with Crippen molar-refractivity contribution >= 4 is 0 Å². The van der Waals surface area contributed by atoms with Crippen LogP contribution in [0.4, 0.5) is 0 Å². The predicted molar refractivity (Wildman–Crippen MR) is 50.6 cm³/mol. The van der Waals surface area contributed by atoms with Crippen LogP contribution >= 0.6 is 0 Å². The molecule has 0 aromatic carbocycles. The molecule has 0 heterocycles. The summed E-state index contributed by atoms with van der Waals surface area (Å²) in [5.74, 6) is 1.06. The molecule has 0 saturated heterocycles. The lowest BCUT2D eigenvalue weighted by Crippen LogP contribution is -1.79. The Morgan fingerprint density at radius 1 is 1.45 bits per heavy atom. The van der Waals surface area contributed by atoms with Crippen LogP contribution in [0.15, 0.2) is 11.6 Å². The van der Waals surface area contributed by atoms with Gasteiger partial charge in [0.25, 0.3) is 0 Å². The summed E-state index contributed by atoms with van der Waals surface area (Å²) in [7, 11) is 0. The fourth-order valence-electron chi connectivity index (χ4n) is 1.41. The molecule has 1 saturated carbocycles. The molecule has 0 bridgehead atoms. The summed E-state index contributed by atoms with van der Waals surface area (Å²) in [4.78, 5) is 0. The summed E-state index contributed by atoms with van der Waals surface area (Å²) >= 11 is 0. The van der Waals surface area contributed by atoms with E-state index in [1.807, 2.05) is 0 Å².